The Hall–Kier alpha value is -1.56. The molecule has 0 radical (unpaired) electrons. The van der Waals surface area contributed by atoms with Gasteiger partial charge >= 0.3 is 0 Å². The van der Waals surface area contributed by atoms with E-state index in [1.807, 2.05) is 30.3 Å². The van der Waals surface area contributed by atoms with Crippen LogP contribution in [0.4, 0.5) is 0 Å². The molecule has 2 nitrogen and oxygen atoms in total. The number of benzene rings is 2. The summed E-state index contributed by atoms with van der Waals surface area (Å²) in [5.74, 6) is 0. The first kappa shape index (κ1) is 32.4. The average molecular weight is 625 g/mol. The minimum absolute atomic E-state index is 0. The van der Waals surface area contributed by atoms with Crippen LogP contribution < -0.4 is 10.6 Å². The first-order valence-electron chi connectivity index (χ1n) is 15.0. The molecule has 5 heteroatoms. The predicted octanol–water partition coefficient (Wildman–Crippen LogP) is 8.39. The number of hydrogen-bond acceptors (Lipinski definition) is 2. The quantitative estimate of drug-likeness (QED) is 0.128. The summed E-state index contributed by atoms with van der Waals surface area (Å²) >= 11 is 0. The van der Waals surface area contributed by atoms with Crippen LogP contribution >= 0.6 is 18.5 Å². The van der Waals surface area contributed by atoms with Crippen molar-refractivity contribution in [3.8, 4) is 22.3 Å². The van der Waals surface area contributed by atoms with Crippen LogP contribution in [0.5, 0.6) is 0 Å². The molecule has 41 heavy (non-hydrogen) atoms. The molecule has 2 fully saturated rings. The van der Waals surface area contributed by atoms with Crippen LogP contribution in [0.1, 0.15) is 63.1 Å². The largest absolute Gasteiger partial charge is 0.748 e. The molecule has 0 saturated carbocycles. The molecule has 4 aromatic rings. The van der Waals surface area contributed by atoms with E-state index >= 15 is 0 Å². The summed E-state index contributed by atoms with van der Waals surface area (Å²) in [6.45, 7) is 9.47. The van der Waals surface area contributed by atoms with Crippen molar-refractivity contribution in [1.82, 2.24) is 10.6 Å². The molecular weight excluding hydrogens is 578 g/mol. The van der Waals surface area contributed by atoms with Gasteiger partial charge in [-0.2, -0.15) is 0 Å². The average Bonchev–Trinajstić information content (AvgIpc) is 3.79. The second-order valence-corrected chi connectivity index (χ2v) is 13.7. The first-order valence-corrected chi connectivity index (χ1v) is 16.4. The van der Waals surface area contributed by atoms with Crippen LogP contribution in [-0.2, 0) is 33.8 Å². The molecule has 0 spiro atoms. The van der Waals surface area contributed by atoms with Crippen molar-refractivity contribution < 1.29 is 17.1 Å². The second-order valence-electron chi connectivity index (χ2n) is 12.4. The topological polar surface area (TPSA) is 24.1 Å². The summed E-state index contributed by atoms with van der Waals surface area (Å²) in [6, 6.07) is 33.1. The van der Waals surface area contributed by atoms with E-state index in [0.717, 1.165) is 19.3 Å². The third-order valence-corrected chi connectivity index (χ3v) is 10.2. The van der Waals surface area contributed by atoms with Gasteiger partial charge in [0.05, 0.1) is 0 Å². The van der Waals surface area contributed by atoms with E-state index < -0.39 is 0 Å². The van der Waals surface area contributed by atoms with E-state index in [1.165, 1.54) is 59.1 Å². The summed E-state index contributed by atoms with van der Waals surface area (Å²) in [6.07, 6.45) is 5.92. The number of rotatable bonds is 6. The Balaban J connectivity index is 0.000000584. The van der Waals surface area contributed by atoms with Crippen molar-refractivity contribution in [3.05, 3.63) is 108 Å². The molecular formula is C36H46FeN2P2-6. The standard InChI is InChI=1S/C31H41N2P2.C5H5.Fe/c1-30(2,3)29-27(22-14-8-5-9-15-22)26(21-12-6-4-7-13-21)23(20-34)28(29)31(35,24-16-10-18-32-24)25-17-11-19-33-25;1-2-4-5-3-1;/h4-9,12-15,24-25,32-33H,10-11,16-20,34-35H2,1-3H3;1-5H;/q-1;-5;. The van der Waals surface area contributed by atoms with Crippen LogP contribution in [-0.4, -0.2) is 25.2 Å². The van der Waals surface area contributed by atoms with Gasteiger partial charge in [0.2, 0.25) is 0 Å². The monoisotopic (exact) mass is 624 g/mol. The van der Waals surface area contributed by atoms with E-state index in [4.69, 9.17) is 0 Å². The zero-order chi connectivity index (χ0) is 28.2. The van der Waals surface area contributed by atoms with Gasteiger partial charge in [-0.3, -0.25) is 0 Å². The van der Waals surface area contributed by atoms with E-state index in [-0.39, 0.29) is 27.6 Å². The summed E-state index contributed by atoms with van der Waals surface area (Å²) in [7, 11) is 6.54. The fraction of sp³-hybridized carbons (Fsp3) is 0.389. The van der Waals surface area contributed by atoms with E-state index in [1.54, 1.807) is 5.56 Å². The minimum Gasteiger partial charge on any atom is -0.748 e. The van der Waals surface area contributed by atoms with Gasteiger partial charge in [-0.05, 0) is 44.2 Å². The Morgan fingerprint density at radius 2 is 1.24 bits per heavy atom. The van der Waals surface area contributed by atoms with E-state index in [9.17, 15) is 0 Å². The molecule has 2 saturated heterocycles. The fourth-order valence-corrected chi connectivity index (χ4v) is 8.32. The third kappa shape index (κ3) is 6.68. The van der Waals surface area contributed by atoms with Crippen molar-refractivity contribution in [2.75, 3.05) is 13.1 Å². The molecule has 0 aromatic heterocycles. The van der Waals surface area contributed by atoms with Crippen molar-refractivity contribution in [2.45, 2.75) is 75.3 Å². The van der Waals surface area contributed by atoms with E-state index in [0.29, 0.717) is 12.1 Å². The van der Waals surface area contributed by atoms with Gasteiger partial charge in [0.25, 0.3) is 0 Å². The van der Waals surface area contributed by atoms with Gasteiger partial charge in [0.1, 0.15) is 0 Å². The molecule has 2 aliphatic heterocycles. The molecule has 224 valence electrons. The molecule has 6 rings (SSSR count). The van der Waals surface area contributed by atoms with Crippen LogP contribution in [0.2, 0.25) is 0 Å². The van der Waals surface area contributed by atoms with Gasteiger partial charge in [-0.15, -0.1) is 46.3 Å². The van der Waals surface area contributed by atoms with Gasteiger partial charge in [-0.1, -0.05) is 98.7 Å². The van der Waals surface area contributed by atoms with Gasteiger partial charge < -0.3 is 41.0 Å². The van der Waals surface area contributed by atoms with Gasteiger partial charge in [-0.25, -0.2) is 0 Å². The molecule has 0 amide bonds. The number of hydrogen-bond donors (Lipinski definition) is 2. The minimum atomic E-state index is -0.0575. The van der Waals surface area contributed by atoms with Crippen molar-refractivity contribution in [3.63, 3.8) is 0 Å². The summed E-state index contributed by atoms with van der Waals surface area (Å²) < 4.78 is 0. The van der Waals surface area contributed by atoms with Crippen LogP contribution in [0.3, 0.4) is 0 Å². The molecule has 4 aromatic carbocycles. The molecule has 0 bridgehead atoms. The Kier molecular flexibility index (Phi) is 11.3. The maximum absolute atomic E-state index is 3.94. The predicted molar refractivity (Wildman–Crippen MR) is 180 cm³/mol. The molecule has 4 unspecified atom stereocenters. The van der Waals surface area contributed by atoms with Crippen molar-refractivity contribution in [2.24, 2.45) is 0 Å². The SMILES string of the molecule is CC(C)(C)[c-]1c(-c2ccccc2)c(-c2ccccc2)c(CP)c1C(P)(C1CCCN1)C1CCCN1.[Fe].[cH-]1[cH-][cH-][cH-][cH-]1. The maximum Gasteiger partial charge on any atom is 0.0234 e. The summed E-state index contributed by atoms with van der Waals surface area (Å²) in [5, 5.41) is 7.83. The number of nitrogens with one attached hydrogen (secondary N) is 2. The second kappa shape index (κ2) is 14.3. The van der Waals surface area contributed by atoms with Gasteiger partial charge in [0, 0.05) is 34.3 Å². The molecule has 2 aliphatic rings. The Labute approximate surface area is 263 Å². The molecule has 4 atom stereocenters. The summed E-state index contributed by atoms with van der Waals surface area (Å²) in [4.78, 5) is 0. The van der Waals surface area contributed by atoms with Crippen LogP contribution in [0.25, 0.3) is 22.3 Å². The maximum atomic E-state index is 3.94. The fourth-order valence-electron chi connectivity index (χ4n) is 7.02. The van der Waals surface area contributed by atoms with Gasteiger partial charge in [0.15, 0.2) is 0 Å². The van der Waals surface area contributed by atoms with Crippen LogP contribution in [0, 0.1) is 0 Å². The zero-order valence-corrected chi connectivity index (χ0v) is 28.2. The Morgan fingerprint density at radius 1 is 0.780 bits per heavy atom. The first-order chi connectivity index (χ1) is 19.4. The molecule has 0 aliphatic carbocycles. The molecule has 2 N–H and O–H groups in total. The summed E-state index contributed by atoms with van der Waals surface area (Å²) in [5.41, 5.74) is 10.1. The Morgan fingerprint density at radius 3 is 1.63 bits per heavy atom. The zero-order valence-electron chi connectivity index (χ0n) is 24.8. The normalized spacial score (nSPS) is 20.1. The third-order valence-electron chi connectivity index (χ3n) is 8.70. The Bertz CT molecular complexity index is 1290. The van der Waals surface area contributed by atoms with Crippen LogP contribution in [0.15, 0.2) is 91.0 Å². The van der Waals surface area contributed by atoms with E-state index in [2.05, 4.69) is 111 Å². The smallest absolute Gasteiger partial charge is 0.0234 e. The molecule has 2 heterocycles. The van der Waals surface area contributed by atoms with Crippen molar-refractivity contribution in [1.29, 1.82) is 0 Å². The van der Waals surface area contributed by atoms with Crippen molar-refractivity contribution >= 4 is 18.5 Å².